The Kier molecular flexibility index (Phi) is 3.06. The number of benzene rings is 1. The van der Waals surface area contributed by atoms with Crippen LogP contribution in [0.15, 0.2) is 16.6 Å². The van der Waals surface area contributed by atoms with Crippen molar-refractivity contribution in [3.05, 3.63) is 27.7 Å². The SMILES string of the molecule is Nc1ccc(Br)c(CO)c1C(F)(F)F. The topological polar surface area (TPSA) is 46.2 Å². The first-order chi connectivity index (χ1) is 6.38. The second kappa shape index (κ2) is 3.78. The molecule has 0 saturated heterocycles. The average molecular weight is 270 g/mol. The fourth-order valence-electron chi connectivity index (χ4n) is 1.13. The molecule has 1 aromatic carbocycles. The van der Waals surface area contributed by atoms with Gasteiger partial charge in [0.05, 0.1) is 12.2 Å². The Morgan fingerprint density at radius 2 is 1.93 bits per heavy atom. The van der Waals surface area contributed by atoms with Gasteiger partial charge in [0, 0.05) is 15.7 Å². The number of aliphatic hydroxyl groups is 1. The molecule has 1 rings (SSSR count). The zero-order valence-electron chi connectivity index (χ0n) is 6.90. The van der Waals surface area contributed by atoms with Crippen LogP contribution < -0.4 is 5.73 Å². The summed E-state index contributed by atoms with van der Waals surface area (Å²) in [6.45, 7) is -0.708. The minimum Gasteiger partial charge on any atom is -0.398 e. The summed E-state index contributed by atoms with van der Waals surface area (Å²) < 4.78 is 37.6. The summed E-state index contributed by atoms with van der Waals surface area (Å²) in [5.41, 5.74) is 3.60. The molecule has 1 aromatic rings. The number of anilines is 1. The molecule has 2 nitrogen and oxygen atoms in total. The molecule has 0 aromatic heterocycles. The van der Waals surface area contributed by atoms with E-state index >= 15 is 0 Å². The number of nitrogen functional groups attached to an aromatic ring is 1. The number of aliphatic hydroxyl groups excluding tert-OH is 1. The predicted molar refractivity (Wildman–Crippen MR) is 49.5 cm³/mol. The molecule has 0 aliphatic rings. The van der Waals surface area contributed by atoms with Gasteiger partial charge in [-0.25, -0.2) is 0 Å². The molecule has 0 amide bonds. The third-order valence-corrected chi connectivity index (χ3v) is 2.47. The van der Waals surface area contributed by atoms with Crippen LogP contribution in [0, 0.1) is 0 Å². The van der Waals surface area contributed by atoms with Crippen LogP contribution in [0.1, 0.15) is 11.1 Å². The Bertz CT molecular complexity index is 351. The van der Waals surface area contributed by atoms with Crippen molar-refractivity contribution in [3.63, 3.8) is 0 Å². The summed E-state index contributed by atoms with van der Waals surface area (Å²) in [4.78, 5) is 0. The van der Waals surface area contributed by atoms with Gasteiger partial charge < -0.3 is 10.8 Å². The molecular weight excluding hydrogens is 263 g/mol. The number of halogens is 4. The van der Waals surface area contributed by atoms with E-state index in [0.717, 1.165) is 6.07 Å². The third kappa shape index (κ3) is 2.01. The van der Waals surface area contributed by atoms with Gasteiger partial charge in [-0.1, -0.05) is 15.9 Å². The lowest BCUT2D eigenvalue weighted by molar-refractivity contribution is -0.138. The van der Waals surface area contributed by atoms with E-state index in [1.165, 1.54) is 6.07 Å². The van der Waals surface area contributed by atoms with Crippen LogP contribution in [-0.2, 0) is 12.8 Å². The summed E-state index contributed by atoms with van der Waals surface area (Å²) in [7, 11) is 0. The van der Waals surface area contributed by atoms with Crippen molar-refractivity contribution in [1.29, 1.82) is 0 Å². The van der Waals surface area contributed by atoms with Crippen molar-refractivity contribution in [1.82, 2.24) is 0 Å². The van der Waals surface area contributed by atoms with Gasteiger partial charge in [0.2, 0.25) is 0 Å². The van der Waals surface area contributed by atoms with Crippen molar-refractivity contribution < 1.29 is 18.3 Å². The van der Waals surface area contributed by atoms with Gasteiger partial charge in [0.1, 0.15) is 0 Å². The second-order valence-corrected chi connectivity index (χ2v) is 3.50. The first-order valence-electron chi connectivity index (χ1n) is 3.63. The van der Waals surface area contributed by atoms with Gasteiger partial charge in [0.15, 0.2) is 0 Å². The van der Waals surface area contributed by atoms with Crippen LogP contribution in [-0.4, -0.2) is 5.11 Å². The Balaban J connectivity index is 3.46. The maximum atomic E-state index is 12.5. The maximum absolute atomic E-state index is 12.5. The maximum Gasteiger partial charge on any atom is 0.418 e. The van der Waals surface area contributed by atoms with E-state index in [1.807, 2.05) is 0 Å². The van der Waals surface area contributed by atoms with Crippen molar-refractivity contribution >= 4 is 21.6 Å². The van der Waals surface area contributed by atoms with Crippen LogP contribution in [0.2, 0.25) is 0 Å². The zero-order valence-corrected chi connectivity index (χ0v) is 8.48. The number of hydrogen-bond donors (Lipinski definition) is 2. The Morgan fingerprint density at radius 1 is 1.36 bits per heavy atom. The van der Waals surface area contributed by atoms with E-state index in [0.29, 0.717) is 0 Å². The number of alkyl halides is 3. The van der Waals surface area contributed by atoms with Crippen molar-refractivity contribution in [2.75, 3.05) is 5.73 Å². The summed E-state index contributed by atoms with van der Waals surface area (Å²) in [5.74, 6) is 0. The molecule has 0 aliphatic heterocycles. The molecule has 0 fully saturated rings. The first kappa shape index (κ1) is 11.3. The highest BCUT2D eigenvalue weighted by molar-refractivity contribution is 9.10. The van der Waals surface area contributed by atoms with E-state index in [2.05, 4.69) is 15.9 Å². The Morgan fingerprint density at radius 3 is 2.29 bits per heavy atom. The molecule has 3 N–H and O–H groups in total. The minimum absolute atomic E-state index is 0.196. The smallest absolute Gasteiger partial charge is 0.398 e. The Labute approximate surface area is 86.7 Å². The Hall–Kier alpha value is -0.750. The zero-order chi connectivity index (χ0) is 10.9. The fraction of sp³-hybridized carbons (Fsp3) is 0.250. The molecule has 78 valence electrons. The first-order valence-corrected chi connectivity index (χ1v) is 4.42. The fourth-order valence-corrected chi connectivity index (χ4v) is 1.59. The van der Waals surface area contributed by atoms with Gasteiger partial charge in [-0.2, -0.15) is 13.2 Å². The average Bonchev–Trinajstić information content (AvgIpc) is 2.06. The van der Waals surface area contributed by atoms with E-state index in [-0.39, 0.29) is 15.7 Å². The van der Waals surface area contributed by atoms with Gasteiger partial charge in [-0.15, -0.1) is 0 Å². The van der Waals surface area contributed by atoms with E-state index in [9.17, 15) is 13.2 Å². The lowest BCUT2D eigenvalue weighted by Gasteiger charge is -2.15. The molecule has 0 saturated carbocycles. The summed E-state index contributed by atoms with van der Waals surface area (Å²) in [6.07, 6.45) is -4.55. The van der Waals surface area contributed by atoms with E-state index in [1.54, 1.807) is 0 Å². The number of nitrogens with two attached hydrogens (primary N) is 1. The van der Waals surface area contributed by atoms with Crippen LogP contribution >= 0.6 is 15.9 Å². The molecule has 0 spiro atoms. The van der Waals surface area contributed by atoms with Crippen LogP contribution in [0.25, 0.3) is 0 Å². The third-order valence-electron chi connectivity index (χ3n) is 1.73. The lowest BCUT2D eigenvalue weighted by Crippen LogP contribution is -2.13. The normalized spacial score (nSPS) is 11.8. The minimum atomic E-state index is -4.55. The van der Waals surface area contributed by atoms with Gasteiger partial charge in [-0.3, -0.25) is 0 Å². The molecule has 14 heavy (non-hydrogen) atoms. The predicted octanol–water partition coefficient (Wildman–Crippen LogP) is 2.54. The summed E-state index contributed by atoms with van der Waals surface area (Å²) >= 11 is 2.92. The summed E-state index contributed by atoms with van der Waals surface area (Å²) in [5, 5.41) is 8.80. The van der Waals surface area contributed by atoms with Gasteiger partial charge >= 0.3 is 6.18 Å². The largest absolute Gasteiger partial charge is 0.418 e. The molecule has 0 radical (unpaired) electrons. The van der Waals surface area contributed by atoms with Crippen molar-refractivity contribution in [2.45, 2.75) is 12.8 Å². The van der Waals surface area contributed by atoms with Crippen LogP contribution in [0.4, 0.5) is 18.9 Å². The van der Waals surface area contributed by atoms with E-state index < -0.39 is 18.3 Å². The standard InChI is InChI=1S/C8H7BrF3NO/c9-5-1-2-6(13)7(4(5)3-14)8(10,11)12/h1-2,14H,3,13H2. The quantitative estimate of drug-likeness (QED) is 0.770. The molecular formula is C8H7BrF3NO. The highest BCUT2D eigenvalue weighted by Crippen LogP contribution is 2.38. The van der Waals surface area contributed by atoms with Crippen LogP contribution in [0.3, 0.4) is 0 Å². The molecule has 6 heteroatoms. The molecule has 0 aliphatic carbocycles. The number of hydrogen-bond acceptors (Lipinski definition) is 2. The van der Waals surface area contributed by atoms with E-state index in [4.69, 9.17) is 10.8 Å². The molecule has 0 heterocycles. The lowest BCUT2D eigenvalue weighted by atomic mass is 10.1. The van der Waals surface area contributed by atoms with Crippen LogP contribution in [0.5, 0.6) is 0 Å². The van der Waals surface area contributed by atoms with Gasteiger partial charge in [0.25, 0.3) is 0 Å². The van der Waals surface area contributed by atoms with Crippen molar-refractivity contribution in [3.8, 4) is 0 Å². The highest BCUT2D eigenvalue weighted by Gasteiger charge is 2.36. The van der Waals surface area contributed by atoms with Gasteiger partial charge in [-0.05, 0) is 12.1 Å². The second-order valence-electron chi connectivity index (χ2n) is 2.65. The summed E-state index contributed by atoms with van der Waals surface area (Å²) in [6, 6.07) is 2.52. The number of rotatable bonds is 1. The molecule has 0 unspecified atom stereocenters. The highest BCUT2D eigenvalue weighted by atomic mass is 79.9. The van der Waals surface area contributed by atoms with Crippen molar-refractivity contribution in [2.24, 2.45) is 0 Å². The monoisotopic (exact) mass is 269 g/mol. The molecule has 0 bridgehead atoms. The molecule has 0 atom stereocenters.